The summed E-state index contributed by atoms with van der Waals surface area (Å²) >= 11 is 3.30. The molecule has 0 saturated carbocycles. The lowest BCUT2D eigenvalue weighted by atomic mass is 10.2. The predicted octanol–water partition coefficient (Wildman–Crippen LogP) is 3.09. The Labute approximate surface area is 107 Å². The quantitative estimate of drug-likeness (QED) is 0.922. The maximum Gasteiger partial charge on any atom is 0.233 e. The number of hydrogen-bond acceptors (Lipinski definition) is 4. The zero-order valence-electron chi connectivity index (χ0n) is 8.72. The molecule has 0 fully saturated rings. The molecule has 2 rings (SSSR count). The molecule has 0 aliphatic rings. The van der Waals surface area contributed by atoms with Crippen LogP contribution in [0.5, 0.6) is 11.6 Å². The molecule has 2 N–H and O–H groups in total. The van der Waals surface area contributed by atoms with Gasteiger partial charge in [-0.25, -0.2) is 4.98 Å². The zero-order valence-corrected chi connectivity index (χ0v) is 10.3. The number of para-hydroxylation sites is 1. The fourth-order valence-corrected chi connectivity index (χ4v) is 1.72. The van der Waals surface area contributed by atoms with Crippen molar-refractivity contribution in [2.45, 2.75) is 0 Å². The number of benzene rings is 1. The van der Waals surface area contributed by atoms with E-state index >= 15 is 0 Å². The van der Waals surface area contributed by atoms with Crippen LogP contribution in [0.1, 0.15) is 5.56 Å². The minimum absolute atomic E-state index is 0.377. The summed E-state index contributed by atoms with van der Waals surface area (Å²) in [5, 5.41) is 8.93. The lowest BCUT2D eigenvalue weighted by Crippen LogP contribution is -1.93. The fourth-order valence-electron chi connectivity index (χ4n) is 1.27. The van der Waals surface area contributed by atoms with E-state index in [0.29, 0.717) is 27.4 Å². The molecule has 0 aliphatic heterocycles. The molecule has 0 bridgehead atoms. The Morgan fingerprint density at radius 1 is 1.35 bits per heavy atom. The number of aromatic nitrogens is 1. The molecule has 4 nitrogen and oxygen atoms in total. The third kappa shape index (κ3) is 2.55. The third-order valence-corrected chi connectivity index (χ3v) is 2.61. The first kappa shape index (κ1) is 11.4. The number of nitrogens with two attached hydrogens (primary N) is 1. The van der Waals surface area contributed by atoms with Crippen LogP contribution >= 0.6 is 15.9 Å². The highest BCUT2D eigenvalue weighted by atomic mass is 79.9. The molecule has 0 amide bonds. The Morgan fingerprint density at radius 2 is 2.12 bits per heavy atom. The monoisotopic (exact) mass is 289 g/mol. The van der Waals surface area contributed by atoms with Crippen LogP contribution in [0.25, 0.3) is 0 Å². The Hall–Kier alpha value is -2.06. The van der Waals surface area contributed by atoms with Crippen molar-refractivity contribution in [1.82, 2.24) is 4.98 Å². The second-order valence-electron chi connectivity index (χ2n) is 3.27. The number of hydrogen-bond donors (Lipinski definition) is 1. The van der Waals surface area contributed by atoms with Gasteiger partial charge in [0.2, 0.25) is 5.88 Å². The van der Waals surface area contributed by atoms with Gasteiger partial charge in [0.25, 0.3) is 0 Å². The topological polar surface area (TPSA) is 71.9 Å². The molecule has 1 aromatic carbocycles. The summed E-state index contributed by atoms with van der Waals surface area (Å²) in [5.41, 5.74) is 6.57. The molecular formula is C12H8BrN3O. The Bertz CT molecular complexity index is 593. The van der Waals surface area contributed by atoms with E-state index in [-0.39, 0.29) is 0 Å². The first-order chi connectivity index (χ1) is 8.20. The average Bonchev–Trinajstić information content (AvgIpc) is 2.33. The minimum atomic E-state index is 0.377. The number of ether oxygens (including phenoxy) is 1. The van der Waals surface area contributed by atoms with Gasteiger partial charge in [0, 0.05) is 0 Å². The number of pyridine rings is 1. The molecule has 84 valence electrons. The third-order valence-electron chi connectivity index (χ3n) is 2.04. The highest BCUT2D eigenvalue weighted by molar-refractivity contribution is 9.10. The Balaban J connectivity index is 2.35. The lowest BCUT2D eigenvalue weighted by Gasteiger charge is -2.07. The number of nitrogen functional groups attached to an aromatic ring is 1. The highest BCUT2D eigenvalue weighted by Gasteiger charge is 2.08. The first-order valence-electron chi connectivity index (χ1n) is 4.78. The largest absolute Gasteiger partial charge is 0.436 e. The maximum absolute atomic E-state index is 8.93. The number of halogens is 1. The summed E-state index contributed by atoms with van der Waals surface area (Å²) in [6.07, 6.45) is 1.50. The summed E-state index contributed by atoms with van der Waals surface area (Å²) in [6, 6.07) is 10.7. The van der Waals surface area contributed by atoms with Crippen LogP contribution in [0.3, 0.4) is 0 Å². The second kappa shape index (κ2) is 4.85. The molecule has 1 aromatic heterocycles. The van der Waals surface area contributed by atoms with E-state index in [9.17, 15) is 0 Å². The van der Waals surface area contributed by atoms with Crippen molar-refractivity contribution >= 4 is 21.6 Å². The van der Waals surface area contributed by atoms with E-state index in [2.05, 4.69) is 27.0 Å². The Kier molecular flexibility index (Phi) is 3.26. The van der Waals surface area contributed by atoms with E-state index in [1.165, 1.54) is 6.20 Å². The van der Waals surface area contributed by atoms with Gasteiger partial charge in [-0.3, -0.25) is 0 Å². The predicted molar refractivity (Wildman–Crippen MR) is 67.6 cm³/mol. The average molecular weight is 290 g/mol. The molecule has 5 heteroatoms. The van der Waals surface area contributed by atoms with Crippen LogP contribution in [-0.4, -0.2) is 4.98 Å². The van der Waals surface area contributed by atoms with E-state index in [1.807, 2.05) is 0 Å². The van der Waals surface area contributed by atoms with Crippen LogP contribution in [0.2, 0.25) is 0 Å². The van der Waals surface area contributed by atoms with Crippen LogP contribution in [0.4, 0.5) is 5.69 Å². The van der Waals surface area contributed by atoms with Gasteiger partial charge in [-0.05, 0) is 34.1 Å². The molecule has 1 heterocycles. The van der Waals surface area contributed by atoms with Gasteiger partial charge in [-0.1, -0.05) is 12.1 Å². The van der Waals surface area contributed by atoms with Crippen LogP contribution in [0, 0.1) is 11.3 Å². The van der Waals surface area contributed by atoms with Gasteiger partial charge < -0.3 is 10.5 Å². The molecule has 0 spiro atoms. The molecule has 17 heavy (non-hydrogen) atoms. The molecular weight excluding hydrogens is 282 g/mol. The van der Waals surface area contributed by atoms with Crippen LogP contribution in [0.15, 0.2) is 41.0 Å². The maximum atomic E-state index is 8.93. The van der Waals surface area contributed by atoms with Gasteiger partial charge in [-0.15, -0.1) is 0 Å². The zero-order chi connectivity index (χ0) is 12.3. The molecule has 2 aromatic rings. The summed E-state index contributed by atoms with van der Waals surface area (Å²) in [5.74, 6) is 0.842. The summed E-state index contributed by atoms with van der Waals surface area (Å²) in [7, 11) is 0. The smallest absolute Gasteiger partial charge is 0.233 e. The molecule has 0 unspecified atom stereocenters. The van der Waals surface area contributed by atoms with Crippen molar-refractivity contribution < 1.29 is 4.74 Å². The van der Waals surface area contributed by atoms with Crippen molar-refractivity contribution in [2.75, 3.05) is 5.73 Å². The molecule has 0 saturated heterocycles. The number of nitrogens with zero attached hydrogens (tertiary/aromatic N) is 2. The van der Waals surface area contributed by atoms with Crippen molar-refractivity contribution in [3.8, 4) is 17.7 Å². The van der Waals surface area contributed by atoms with Crippen molar-refractivity contribution in [3.05, 3.63) is 46.6 Å². The van der Waals surface area contributed by atoms with Crippen LogP contribution in [-0.2, 0) is 0 Å². The van der Waals surface area contributed by atoms with Gasteiger partial charge in [0.15, 0.2) is 0 Å². The van der Waals surface area contributed by atoms with E-state index < -0.39 is 0 Å². The van der Waals surface area contributed by atoms with Gasteiger partial charge in [0.1, 0.15) is 11.8 Å². The van der Waals surface area contributed by atoms with Gasteiger partial charge >= 0.3 is 0 Å². The first-order valence-corrected chi connectivity index (χ1v) is 5.58. The molecule has 0 aliphatic carbocycles. The fraction of sp³-hybridized carbons (Fsp3) is 0. The normalized spacial score (nSPS) is 9.65. The van der Waals surface area contributed by atoms with Crippen molar-refractivity contribution in [3.63, 3.8) is 0 Å². The SMILES string of the molecule is N#Cc1ccccc1Oc1ncc(N)cc1Br. The van der Waals surface area contributed by atoms with E-state index in [0.717, 1.165) is 0 Å². The molecule has 0 radical (unpaired) electrons. The summed E-state index contributed by atoms with van der Waals surface area (Å²) < 4.78 is 6.19. The van der Waals surface area contributed by atoms with Crippen molar-refractivity contribution in [1.29, 1.82) is 5.26 Å². The van der Waals surface area contributed by atoms with E-state index in [1.54, 1.807) is 30.3 Å². The molecule has 0 atom stereocenters. The Morgan fingerprint density at radius 3 is 2.82 bits per heavy atom. The van der Waals surface area contributed by atoms with Crippen LogP contribution < -0.4 is 10.5 Å². The van der Waals surface area contributed by atoms with Gasteiger partial charge in [-0.2, -0.15) is 5.26 Å². The lowest BCUT2D eigenvalue weighted by molar-refractivity contribution is 0.458. The van der Waals surface area contributed by atoms with Gasteiger partial charge in [0.05, 0.1) is 21.9 Å². The number of anilines is 1. The van der Waals surface area contributed by atoms with E-state index in [4.69, 9.17) is 15.7 Å². The second-order valence-corrected chi connectivity index (χ2v) is 4.12. The number of nitriles is 1. The highest BCUT2D eigenvalue weighted by Crippen LogP contribution is 2.30. The number of rotatable bonds is 2. The minimum Gasteiger partial charge on any atom is -0.436 e. The standard InChI is InChI=1S/C12H8BrN3O/c13-10-5-9(15)7-16-12(10)17-11-4-2-1-3-8(11)6-14/h1-5,7H,15H2. The summed E-state index contributed by atoms with van der Waals surface area (Å²) in [6.45, 7) is 0. The van der Waals surface area contributed by atoms with Crippen molar-refractivity contribution in [2.24, 2.45) is 0 Å². The summed E-state index contributed by atoms with van der Waals surface area (Å²) in [4.78, 5) is 4.04.